The zero-order chi connectivity index (χ0) is 15.7. The molecule has 122 valence electrons. The zero-order valence-electron chi connectivity index (χ0n) is 13.4. The average Bonchev–Trinajstić information content (AvgIpc) is 2.45. The van der Waals surface area contributed by atoms with Crippen molar-refractivity contribution in [3.8, 4) is 0 Å². The fourth-order valence-corrected chi connectivity index (χ4v) is 2.32. The van der Waals surface area contributed by atoms with Crippen LogP contribution in [0, 0.1) is 0 Å². The van der Waals surface area contributed by atoms with Crippen molar-refractivity contribution in [3.05, 3.63) is 0 Å². The molecule has 0 radical (unpaired) electrons. The van der Waals surface area contributed by atoms with Crippen LogP contribution in [0.1, 0.15) is 40.0 Å². The van der Waals surface area contributed by atoms with Gasteiger partial charge >= 0.3 is 5.97 Å². The molecule has 0 aromatic rings. The number of hydrogen-bond acceptors (Lipinski definition) is 5. The lowest BCUT2D eigenvalue weighted by atomic mass is 10.1. The highest BCUT2D eigenvalue weighted by Crippen LogP contribution is 2.09. The van der Waals surface area contributed by atoms with E-state index in [4.69, 9.17) is 9.47 Å². The molecule has 21 heavy (non-hydrogen) atoms. The lowest BCUT2D eigenvalue weighted by Crippen LogP contribution is -2.42. The Morgan fingerprint density at radius 3 is 2.52 bits per heavy atom. The summed E-state index contributed by atoms with van der Waals surface area (Å²) in [7, 11) is 0. The number of carbonyl (C=O) groups excluding carboxylic acids is 2. The molecule has 0 atom stereocenters. The van der Waals surface area contributed by atoms with Gasteiger partial charge in [0, 0.05) is 6.04 Å². The molecular formula is C15H28N2O4. The topological polar surface area (TPSA) is 67.9 Å². The molecule has 1 aliphatic rings. The maximum atomic E-state index is 12.2. The Hall–Kier alpha value is -1.14. The number of piperidine rings is 1. The second-order valence-electron chi connectivity index (χ2n) is 5.49. The number of nitrogens with zero attached hydrogens (tertiary/aromatic N) is 1. The normalized spacial score (nSPS) is 16.0. The molecule has 1 fully saturated rings. The van der Waals surface area contributed by atoms with Crippen LogP contribution in [0.15, 0.2) is 0 Å². The quantitative estimate of drug-likeness (QED) is 0.676. The Labute approximate surface area is 127 Å². The fourth-order valence-electron chi connectivity index (χ4n) is 2.32. The summed E-state index contributed by atoms with van der Waals surface area (Å²) in [5.74, 6) is -0.425. The molecule has 0 unspecified atom stereocenters. The predicted octanol–water partition coefficient (Wildman–Crippen LogP) is 0.945. The molecule has 6 heteroatoms. The molecule has 0 aromatic heterocycles. The van der Waals surface area contributed by atoms with Gasteiger partial charge in [-0.15, -0.1) is 0 Å². The van der Waals surface area contributed by atoms with E-state index in [1.807, 2.05) is 13.8 Å². The summed E-state index contributed by atoms with van der Waals surface area (Å²) >= 11 is 0. The lowest BCUT2D eigenvalue weighted by Gasteiger charge is -2.27. The van der Waals surface area contributed by atoms with Crippen molar-refractivity contribution in [1.82, 2.24) is 10.2 Å². The van der Waals surface area contributed by atoms with Crippen molar-refractivity contribution >= 4 is 11.9 Å². The molecule has 6 nitrogen and oxygen atoms in total. The molecule has 1 heterocycles. The maximum Gasteiger partial charge on any atom is 0.325 e. The number of ether oxygens (including phenoxy) is 2. The van der Waals surface area contributed by atoms with Crippen LogP contribution in [0.4, 0.5) is 0 Å². The van der Waals surface area contributed by atoms with Crippen molar-refractivity contribution in [2.45, 2.75) is 52.2 Å². The van der Waals surface area contributed by atoms with E-state index in [0.29, 0.717) is 19.6 Å². The van der Waals surface area contributed by atoms with Gasteiger partial charge < -0.3 is 19.7 Å². The van der Waals surface area contributed by atoms with Gasteiger partial charge in [0.15, 0.2) is 0 Å². The molecule has 0 aromatic carbocycles. The molecule has 1 aliphatic heterocycles. The molecule has 1 amide bonds. The Balaban J connectivity index is 2.32. The van der Waals surface area contributed by atoms with Crippen molar-refractivity contribution in [2.24, 2.45) is 0 Å². The Kier molecular flexibility index (Phi) is 8.30. The minimum Gasteiger partial charge on any atom is -0.465 e. The first-order chi connectivity index (χ1) is 10.0. The minimum atomic E-state index is -0.362. The van der Waals surface area contributed by atoms with Gasteiger partial charge in [-0.1, -0.05) is 0 Å². The van der Waals surface area contributed by atoms with E-state index >= 15 is 0 Å². The van der Waals surface area contributed by atoms with Crippen LogP contribution < -0.4 is 5.32 Å². The largest absolute Gasteiger partial charge is 0.465 e. The van der Waals surface area contributed by atoms with Gasteiger partial charge in [-0.3, -0.25) is 9.59 Å². The van der Waals surface area contributed by atoms with Crippen LogP contribution in [0.25, 0.3) is 0 Å². The summed E-state index contributed by atoms with van der Waals surface area (Å²) in [6.45, 7) is 8.24. The number of amides is 1. The summed E-state index contributed by atoms with van der Waals surface area (Å²) in [5.41, 5.74) is 0. The fraction of sp³-hybridized carbons (Fsp3) is 0.867. The van der Waals surface area contributed by atoms with Crippen molar-refractivity contribution in [1.29, 1.82) is 0 Å². The number of rotatable bonds is 8. The summed E-state index contributed by atoms with van der Waals surface area (Å²) in [5, 5.41) is 3.27. The Morgan fingerprint density at radius 1 is 1.29 bits per heavy atom. The monoisotopic (exact) mass is 300 g/mol. The van der Waals surface area contributed by atoms with Gasteiger partial charge in [-0.05, 0) is 46.7 Å². The smallest absolute Gasteiger partial charge is 0.325 e. The summed E-state index contributed by atoms with van der Waals surface area (Å²) in [6, 6.07) is -0.0270. The average molecular weight is 300 g/mol. The zero-order valence-corrected chi connectivity index (χ0v) is 13.4. The number of esters is 1. The van der Waals surface area contributed by atoms with Crippen LogP contribution in [-0.4, -0.2) is 61.8 Å². The van der Waals surface area contributed by atoms with Crippen molar-refractivity contribution < 1.29 is 19.1 Å². The molecule has 0 saturated carbocycles. The van der Waals surface area contributed by atoms with Gasteiger partial charge in [0.1, 0.15) is 6.54 Å². The summed E-state index contributed by atoms with van der Waals surface area (Å²) in [6.07, 6.45) is 2.54. The molecule has 0 aliphatic carbocycles. The van der Waals surface area contributed by atoms with Crippen LogP contribution in [0.3, 0.4) is 0 Å². The van der Waals surface area contributed by atoms with E-state index in [2.05, 4.69) is 5.32 Å². The molecule has 0 bridgehead atoms. The molecule has 0 spiro atoms. The van der Waals surface area contributed by atoms with Crippen molar-refractivity contribution in [3.63, 3.8) is 0 Å². The Bertz CT molecular complexity index is 328. The van der Waals surface area contributed by atoms with E-state index in [9.17, 15) is 9.59 Å². The van der Waals surface area contributed by atoms with E-state index < -0.39 is 0 Å². The maximum absolute atomic E-state index is 12.2. The standard InChI is InChI=1S/C15H28N2O4/c1-4-20-15(19)11-17(12(2)3)14(18)7-10-21-13-5-8-16-9-6-13/h12-13,16H,4-11H2,1-3H3. The van der Waals surface area contributed by atoms with Gasteiger partial charge in [0.05, 0.1) is 25.7 Å². The van der Waals surface area contributed by atoms with Crippen LogP contribution in [-0.2, 0) is 19.1 Å². The van der Waals surface area contributed by atoms with Crippen LogP contribution in [0.5, 0.6) is 0 Å². The van der Waals surface area contributed by atoms with E-state index in [1.54, 1.807) is 11.8 Å². The molecule has 1 rings (SSSR count). The number of nitrogens with one attached hydrogen (secondary N) is 1. The van der Waals surface area contributed by atoms with E-state index in [0.717, 1.165) is 25.9 Å². The van der Waals surface area contributed by atoms with Crippen LogP contribution >= 0.6 is 0 Å². The van der Waals surface area contributed by atoms with Gasteiger partial charge in [0.2, 0.25) is 5.91 Å². The Morgan fingerprint density at radius 2 is 1.95 bits per heavy atom. The first-order valence-electron chi connectivity index (χ1n) is 7.82. The van der Waals surface area contributed by atoms with Gasteiger partial charge in [-0.25, -0.2) is 0 Å². The highest BCUT2D eigenvalue weighted by Gasteiger charge is 2.21. The number of hydrogen-bond donors (Lipinski definition) is 1. The molecule has 1 saturated heterocycles. The van der Waals surface area contributed by atoms with Crippen molar-refractivity contribution in [2.75, 3.05) is 32.8 Å². The van der Waals surface area contributed by atoms with E-state index in [1.165, 1.54) is 0 Å². The molecule has 1 N–H and O–H groups in total. The third kappa shape index (κ3) is 6.91. The second kappa shape index (κ2) is 9.73. The predicted molar refractivity (Wildman–Crippen MR) is 79.9 cm³/mol. The van der Waals surface area contributed by atoms with E-state index in [-0.39, 0.29) is 30.6 Å². The SMILES string of the molecule is CCOC(=O)CN(C(=O)CCOC1CCNCC1)C(C)C. The van der Waals surface area contributed by atoms with Crippen LogP contribution in [0.2, 0.25) is 0 Å². The lowest BCUT2D eigenvalue weighted by molar-refractivity contribution is -0.150. The second-order valence-corrected chi connectivity index (χ2v) is 5.49. The highest BCUT2D eigenvalue weighted by molar-refractivity contribution is 5.82. The summed E-state index contributed by atoms with van der Waals surface area (Å²) < 4.78 is 10.6. The highest BCUT2D eigenvalue weighted by atomic mass is 16.5. The van der Waals surface area contributed by atoms with Gasteiger partial charge in [0.25, 0.3) is 0 Å². The summed E-state index contributed by atoms with van der Waals surface area (Å²) in [4.78, 5) is 25.3. The molecular weight excluding hydrogens is 272 g/mol. The van der Waals surface area contributed by atoms with Gasteiger partial charge in [-0.2, -0.15) is 0 Å². The first kappa shape index (κ1) is 17.9. The minimum absolute atomic E-state index is 0.0116. The third-order valence-electron chi connectivity index (χ3n) is 3.50. The third-order valence-corrected chi connectivity index (χ3v) is 3.50. The first-order valence-corrected chi connectivity index (χ1v) is 7.82. The number of carbonyl (C=O) groups is 2.